The molecule has 0 saturated heterocycles. The highest BCUT2D eigenvalue weighted by Crippen LogP contribution is 2.35. The number of para-hydroxylation sites is 1. The molecule has 0 spiro atoms. The molecule has 2 rings (SSSR count). The maximum atomic E-state index is 11.9. The zero-order valence-electron chi connectivity index (χ0n) is 9.06. The molecule has 0 N–H and O–H groups in total. The SMILES string of the molecule is COC(=O)/C=C1\C(=O)N(C)c2ccccc21. The summed E-state index contributed by atoms with van der Waals surface area (Å²) in [6.07, 6.45) is 1.23. The quantitative estimate of drug-likeness (QED) is 0.525. The number of likely N-dealkylation sites (N-methyl/N-ethyl adjacent to an activating group) is 1. The van der Waals surface area contributed by atoms with Crippen LogP contribution in [0.1, 0.15) is 5.56 Å². The van der Waals surface area contributed by atoms with E-state index in [2.05, 4.69) is 4.74 Å². The first-order valence-corrected chi connectivity index (χ1v) is 4.82. The Labute approximate surface area is 93.1 Å². The fourth-order valence-electron chi connectivity index (χ4n) is 1.72. The number of methoxy groups -OCH3 is 1. The average molecular weight is 217 g/mol. The summed E-state index contributed by atoms with van der Waals surface area (Å²) in [5.41, 5.74) is 1.95. The number of carbonyl (C=O) groups is 2. The highest BCUT2D eigenvalue weighted by Gasteiger charge is 2.29. The van der Waals surface area contributed by atoms with Gasteiger partial charge in [0, 0.05) is 18.7 Å². The van der Waals surface area contributed by atoms with Gasteiger partial charge in [-0.2, -0.15) is 0 Å². The van der Waals surface area contributed by atoms with Gasteiger partial charge in [-0.25, -0.2) is 4.79 Å². The molecule has 1 aromatic carbocycles. The van der Waals surface area contributed by atoms with Crippen LogP contribution in [-0.4, -0.2) is 26.0 Å². The van der Waals surface area contributed by atoms with Gasteiger partial charge in [0.05, 0.1) is 18.4 Å². The van der Waals surface area contributed by atoms with Gasteiger partial charge in [-0.05, 0) is 6.07 Å². The number of hydrogen-bond acceptors (Lipinski definition) is 3. The van der Waals surface area contributed by atoms with Crippen LogP contribution in [0.5, 0.6) is 0 Å². The molecule has 0 fully saturated rings. The Balaban J connectivity index is 2.53. The second kappa shape index (κ2) is 3.81. The van der Waals surface area contributed by atoms with E-state index in [1.165, 1.54) is 18.1 Å². The van der Waals surface area contributed by atoms with E-state index in [1.807, 2.05) is 24.3 Å². The zero-order valence-corrected chi connectivity index (χ0v) is 9.06. The lowest BCUT2D eigenvalue weighted by Crippen LogP contribution is -2.20. The van der Waals surface area contributed by atoms with Crippen molar-refractivity contribution in [1.29, 1.82) is 0 Å². The van der Waals surface area contributed by atoms with E-state index < -0.39 is 5.97 Å². The molecule has 4 heteroatoms. The molecule has 4 nitrogen and oxygen atoms in total. The van der Waals surface area contributed by atoms with Crippen LogP contribution < -0.4 is 4.90 Å². The van der Waals surface area contributed by atoms with Gasteiger partial charge < -0.3 is 9.64 Å². The van der Waals surface area contributed by atoms with Crippen LogP contribution in [0.2, 0.25) is 0 Å². The van der Waals surface area contributed by atoms with E-state index in [9.17, 15) is 9.59 Å². The Hall–Kier alpha value is -2.10. The first-order chi connectivity index (χ1) is 7.65. The fourth-order valence-corrected chi connectivity index (χ4v) is 1.72. The molecule has 1 aliphatic rings. The van der Waals surface area contributed by atoms with Gasteiger partial charge in [0.2, 0.25) is 0 Å². The second-order valence-electron chi connectivity index (χ2n) is 3.46. The Morgan fingerprint density at radius 2 is 2.06 bits per heavy atom. The fraction of sp³-hybridized carbons (Fsp3) is 0.167. The molecule has 0 radical (unpaired) electrons. The summed E-state index contributed by atoms with van der Waals surface area (Å²) in [6, 6.07) is 7.33. The number of amides is 1. The minimum absolute atomic E-state index is 0.188. The van der Waals surface area contributed by atoms with E-state index in [1.54, 1.807) is 7.05 Å². The lowest BCUT2D eigenvalue weighted by molar-refractivity contribution is -0.135. The highest BCUT2D eigenvalue weighted by atomic mass is 16.5. The Morgan fingerprint density at radius 3 is 2.75 bits per heavy atom. The number of carbonyl (C=O) groups excluding carboxylic acids is 2. The Morgan fingerprint density at radius 1 is 1.38 bits per heavy atom. The van der Waals surface area contributed by atoms with Crippen LogP contribution in [-0.2, 0) is 14.3 Å². The van der Waals surface area contributed by atoms with Crippen LogP contribution in [0.15, 0.2) is 30.3 Å². The number of anilines is 1. The number of hydrogen-bond donors (Lipinski definition) is 0. The van der Waals surface area contributed by atoms with Crippen molar-refractivity contribution in [3.63, 3.8) is 0 Å². The van der Waals surface area contributed by atoms with Crippen LogP contribution in [0, 0.1) is 0 Å². The molecule has 0 aliphatic carbocycles. The molecular formula is C12H11NO3. The zero-order chi connectivity index (χ0) is 11.7. The van der Waals surface area contributed by atoms with Crippen LogP contribution in [0.4, 0.5) is 5.69 Å². The van der Waals surface area contributed by atoms with E-state index in [0.717, 1.165) is 11.3 Å². The van der Waals surface area contributed by atoms with Gasteiger partial charge >= 0.3 is 5.97 Å². The molecule has 82 valence electrons. The molecule has 0 atom stereocenters. The summed E-state index contributed by atoms with van der Waals surface area (Å²) in [5.74, 6) is -0.708. The van der Waals surface area contributed by atoms with Crippen LogP contribution in [0.25, 0.3) is 5.57 Å². The normalized spacial score (nSPS) is 16.5. The van der Waals surface area contributed by atoms with Crippen molar-refractivity contribution in [2.24, 2.45) is 0 Å². The molecule has 0 bridgehead atoms. The van der Waals surface area contributed by atoms with Crippen molar-refractivity contribution in [3.05, 3.63) is 35.9 Å². The summed E-state index contributed by atoms with van der Waals surface area (Å²) in [4.78, 5) is 24.5. The second-order valence-corrected chi connectivity index (χ2v) is 3.46. The minimum atomic E-state index is -0.520. The third kappa shape index (κ3) is 1.48. The first-order valence-electron chi connectivity index (χ1n) is 4.82. The molecule has 0 aromatic heterocycles. The maximum absolute atomic E-state index is 11.9. The van der Waals surface area contributed by atoms with Crippen LogP contribution >= 0.6 is 0 Å². The number of esters is 1. The molecule has 1 aliphatic heterocycles. The molecule has 0 unspecified atom stereocenters. The minimum Gasteiger partial charge on any atom is -0.466 e. The average Bonchev–Trinajstić information content (AvgIpc) is 2.55. The number of fused-ring (bicyclic) bond motifs is 1. The van der Waals surface area contributed by atoms with Crippen molar-refractivity contribution < 1.29 is 14.3 Å². The maximum Gasteiger partial charge on any atom is 0.331 e. The number of rotatable bonds is 1. The first kappa shape index (κ1) is 10.4. The largest absolute Gasteiger partial charge is 0.466 e. The molecule has 1 heterocycles. The van der Waals surface area contributed by atoms with Gasteiger partial charge in [0.25, 0.3) is 5.91 Å². The van der Waals surface area contributed by atoms with Crippen molar-refractivity contribution >= 4 is 23.1 Å². The Bertz CT molecular complexity index is 491. The van der Waals surface area contributed by atoms with Crippen molar-refractivity contribution in [3.8, 4) is 0 Å². The number of nitrogens with zero attached hydrogens (tertiary/aromatic N) is 1. The summed E-state index contributed by atoms with van der Waals surface area (Å²) in [5, 5.41) is 0. The highest BCUT2D eigenvalue weighted by molar-refractivity contribution is 6.34. The monoisotopic (exact) mass is 217 g/mol. The summed E-state index contributed by atoms with van der Waals surface area (Å²) >= 11 is 0. The lowest BCUT2D eigenvalue weighted by Gasteiger charge is -2.07. The predicted octanol–water partition coefficient (Wildman–Crippen LogP) is 1.22. The van der Waals surface area contributed by atoms with Crippen LogP contribution in [0.3, 0.4) is 0 Å². The van der Waals surface area contributed by atoms with Gasteiger partial charge in [-0.15, -0.1) is 0 Å². The smallest absolute Gasteiger partial charge is 0.331 e. The summed E-state index contributed by atoms with van der Waals surface area (Å²) < 4.78 is 4.52. The van der Waals surface area contributed by atoms with Crippen molar-refractivity contribution in [2.45, 2.75) is 0 Å². The number of benzene rings is 1. The number of ether oxygens (including phenoxy) is 1. The summed E-state index contributed by atoms with van der Waals surface area (Å²) in [7, 11) is 2.97. The molecule has 1 amide bonds. The van der Waals surface area contributed by atoms with Crippen molar-refractivity contribution in [2.75, 3.05) is 19.1 Å². The molecule has 16 heavy (non-hydrogen) atoms. The predicted molar refractivity (Wildman–Crippen MR) is 59.8 cm³/mol. The Kier molecular flexibility index (Phi) is 2.48. The molecule has 1 aromatic rings. The molecular weight excluding hydrogens is 206 g/mol. The standard InChI is InChI=1S/C12H11NO3/c1-13-10-6-4-3-5-8(10)9(12(13)15)7-11(14)16-2/h3-7H,1-2H3/b9-7-. The molecule has 0 saturated carbocycles. The van der Waals surface area contributed by atoms with Crippen molar-refractivity contribution in [1.82, 2.24) is 0 Å². The summed E-state index contributed by atoms with van der Waals surface area (Å²) in [6.45, 7) is 0. The van der Waals surface area contributed by atoms with E-state index in [4.69, 9.17) is 0 Å². The third-order valence-electron chi connectivity index (χ3n) is 2.55. The van der Waals surface area contributed by atoms with Gasteiger partial charge in [-0.1, -0.05) is 18.2 Å². The van der Waals surface area contributed by atoms with Gasteiger partial charge in [0.15, 0.2) is 0 Å². The van der Waals surface area contributed by atoms with Gasteiger partial charge in [-0.3, -0.25) is 4.79 Å². The van der Waals surface area contributed by atoms with Gasteiger partial charge in [0.1, 0.15) is 0 Å². The lowest BCUT2D eigenvalue weighted by atomic mass is 10.1. The third-order valence-corrected chi connectivity index (χ3v) is 2.55. The van der Waals surface area contributed by atoms with E-state index in [0.29, 0.717) is 5.57 Å². The van der Waals surface area contributed by atoms with E-state index >= 15 is 0 Å². The topological polar surface area (TPSA) is 46.6 Å². The van der Waals surface area contributed by atoms with E-state index in [-0.39, 0.29) is 5.91 Å².